The second-order valence-electron chi connectivity index (χ2n) is 5.64. The summed E-state index contributed by atoms with van der Waals surface area (Å²) in [5, 5.41) is 12.0. The highest BCUT2D eigenvalue weighted by Crippen LogP contribution is 2.28. The molecular weight excluding hydrogens is 428 g/mol. The largest absolute Gasteiger partial charge is 0.494 e. The number of thioether (sulfide) groups is 1. The highest BCUT2D eigenvalue weighted by Gasteiger charge is 2.14. The molecule has 2 aromatic carbocycles. The average Bonchev–Trinajstić information content (AvgIpc) is 3.03. The molecule has 0 aliphatic rings. The molecule has 0 fully saturated rings. The maximum atomic E-state index is 12.2. The molecule has 27 heavy (non-hydrogen) atoms. The number of carbonyl (C=O) groups is 1. The number of hydrogen-bond acceptors (Lipinski definition) is 5. The zero-order valence-corrected chi connectivity index (χ0v) is 17.4. The molecule has 1 heterocycles. The third kappa shape index (κ3) is 4.90. The molecule has 1 N–H and O–H groups in total. The molecule has 0 atom stereocenters. The fourth-order valence-corrected chi connectivity index (χ4v) is 3.62. The third-order valence-corrected chi connectivity index (χ3v) is 5.44. The lowest BCUT2D eigenvalue weighted by Crippen LogP contribution is -2.14. The summed E-state index contributed by atoms with van der Waals surface area (Å²) < 4.78 is 8.23. The summed E-state index contributed by atoms with van der Waals surface area (Å²) in [5.74, 6) is 1.67. The molecule has 0 unspecified atom stereocenters. The Balaban J connectivity index is 1.60. The molecule has 8 heteroatoms. The van der Waals surface area contributed by atoms with Crippen molar-refractivity contribution >= 4 is 39.3 Å². The van der Waals surface area contributed by atoms with Crippen LogP contribution in [0.15, 0.2) is 58.2 Å². The summed E-state index contributed by atoms with van der Waals surface area (Å²) in [6.07, 6.45) is 0. The molecule has 6 nitrogen and oxygen atoms in total. The van der Waals surface area contributed by atoms with Crippen LogP contribution in [-0.4, -0.2) is 33.0 Å². The Labute approximate surface area is 170 Å². The van der Waals surface area contributed by atoms with Gasteiger partial charge in [0.25, 0.3) is 0 Å². The molecule has 3 aromatic rings. The number of nitrogens with zero attached hydrogens (tertiary/aromatic N) is 3. The quantitative estimate of drug-likeness (QED) is 0.545. The van der Waals surface area contributed by atoms with E-state index in [2.05, 4.69) is 31.4 Å². The van der Waals surface area contributed by atoms with Crippen molar-refractivity contribution < 1.29 is 9.53 Å². The van der Waals surface area contributed by atoms with Crippen molar-refractivity contribution in [3.8, 4) is 17.1 Å². The van der Waals surface area contributed by atoms with Gasteiger partial charge in [-0.15, -0.1) is 10.2 Å². The van der Waals surface area contributed by atoms with E-state index in [0.29, 0.717) is 11.8 Å². The smallest absolute Gasteiger partial charge is 0.234 e. The van der Waals surface area contributed by atoms with Crippen LogP contribution in [0, 0.1) is 0 Å². The van der Waals surface area contributed by atoms with Crippen LogP contribution in [0.2, 0.25) is 0 Å². The maximum Gasteiger partial charge on any atom is 0.234 e. The monoisotopic (exact) mass is 446 g/mol. The normalized spacial score (nSPS) is 10.6. The van der Waals surface area contributed by atoms with E-state index in [1.54, 1.807) is 0 Å². The van der Waals surface area contributed by atoms with Gasteiger partial charge in [0.2, 0.25) is 5.91 Å². The van der Waals surface area contributed by atoms with Gasteiger partial charge in [-0.05, 0) is 37.3 Å². The molecular formula is C19H19BrN4O2S. The molecule has 0 saturated carbocycles. The van der Waals surface area contributed by atoms with Crippen LogP contribution in [0.4, 0.5) is 5.69 Å². The fraction of sp³-hybridized carbons (Fsp3) is 0.211. The highest BCUT2D eigenvalue weighted by molar-refractivity contribution is 9.10. The molecule has 3 rings (SSSR count). The van der Waals surface area contributed by atoms with Gasteiger partial charge in [0.15, 0.2) is 11.0 Å². The summed E-state index contributed by atoms with van der Waals surface area (Å²) >= 11 is 4.87. The standard InChI is InChI=1S/C19H19BrN4O2S/c1-3-26-14-10-8-13(9-11-14)21-17(25)12-27-19-23-22-18(24(19)2)15-6-4-5-7-16(15)20/h4-11H,3,12H2,1-2H3,(H,21,25). The number of amides is 1. The summed E-state index contributed by atoms with van der Waals surface area (Å²) in [4.78, 5) is 12.2. The van der Waals surface area contributed by atoms with Crippen LogP contribution < -0.4 is 10.1 Å². The van der Waals surface area contributed by atoms with Gasteiger partial charge in [-0.2, -0.15) is 0 Å². The molecule has 0 aliphatic carbocycles. The van der Waals surface area contributed by atoms with E-state index in [4.69, 9.17) is 4.74 Å². The SMILES string of the molecule is CCOc1ccc(NC(=O)CSc2nnc(-c3ccccc3Br)n2C)cc1. The van der Waals surface area contributed by atoms with Crippen molar-refractivity contribution in [2.24, 2.45) is 7.05 Å². The van der Waals surface area contributed by atoms with E-state index in [1.165, 1.54) is 11.8 Å². The van der Waals surface area contributed by atoms with E-state index in [1.807, 2.05) is 67.1 Å². The average molecular weight is 447 g/mol. The Morgan fingerprint density at radius 2 is 1.93 bits per heavy atom. The number of rotatable bonds is 7. The van der Waals surface area contributed by atoms with Crippen molar-refractivity contribution in [2.45, 2.75) is 12.1 Å². The Hall–Kier alpha value is -2.32. The van der Waals surface area contributed by atoms with Gasteiger partial charge in [-0.25, -0.2) is 0 Å². The minimum atomic E-state index is -0.102. The number of benzene rings is 2. The first-order valence-corrected chi connectivity index (χ1v) is 10.2. The molecule has 1 aromatic heterocycles. The van der Waals surface area contributed by atoms with E-state index >= 15 is 0 Å². The van der Waals surface area contributed by atoms with Gasteiger partial charge in [0.1, 0.15) is 5.75 Å². The van der Waals surface area contributed by atoms with Crippen molar-refractivity contribution in [2.75, 3.05) is 17.7 Å². The number of ether oxygens (including phenoxy) is 1. The van der Waals surface area contributed by atoms with E-state index in [0.717, 1.165) is 27.3 Å². The highest BCUT2D eigenvalue weighted by atomic mass is 79.9. The van der Waals surface area contributed by atoms with Crippen molar-refractivity contribution in [3.63, 3.8) is 0 Å². The topological polar surface area (TPSA) is 69.0 Å². The van der Waals surface area contributed by atoms with Gasteiger partial charge >= 0.3 is 0 Å². The first-order valence-electron chi connectivity index (χ1n) is 8.38. The lowest BCUT2D eigenvalue weighted by atomic mass is 10.2. The van der Waals surface area contributed by atoms with Crippen LogP contribution in [0.25, 0.3) is 11.4 Å². The maximum absolute atomic E-state index is 12.2. The second kappa shape index (κ2) is 9.05. The van der Waals surface area contributed by atoms with E-state index in [-0.39, 0.29) is 11.7 Å². The summed E-state index contributed by atoms with van der Waals surface area (Å²) in [7, 11) is 1.89. The van der Waals surface area contributed by atoms with Crippen molar-refractivity contribution in [1.82, 2.24) is 14.8 Å². The lowest BCUT2D eigenvalue weighted by Gasteiger charge is -2.07. The Morgan fingerprint density at radius 3 is 2.63 bits per heavy atom. The first kappa shape index (κ1) is 19.4. The van der Waals surface area contributed by atoms with Crippen LogP contribution >= 0.6 is 27.7 Å². The zero-order valence-electron chi connectivity index (χ0n) is 15.0. The zero-order chi connectivity index (χ0) is 19.2. The Kier molecular flexibility index (Phi) is 6.52. The van der Waals surface area contributed by atoms with Gasteiger partial charge in [0, 0.05) is 22.8 Å². The van der Waals surface area contributed by atoms with Crippen LogP contribution in [0.1, 0.15) is 6.92 Å². The van der Waals surface area contributed by atoms with Crippen molar-refractivity contribution in [3.05, 3.63) is 53.0 Å². The summed E-state index contributed by atoms with van der Waals surface area (Å²) in [5.41, 5.74) is 1.69. The summed E-state index contributed by atoms with van der Waals surface area (Å²) in [6.45, 7) is 2.54. The number of hydrogen-bond donors (Lipinski definition) is 1. The van der Waals surface area contributed by atoms with E-state index < -0.39 is 0 Å². The van der Waals surface area contributed by atoms with Gasteiger partial charge < -0.3 is 14.6 Å². The number of anilines is 1. The minimum Gasteiger partial charge on any atom is -0.494 e. The van der Waals surface area contributed by atoms with Gasteiger partial charge in [0.05, 0.1) is 12.4 Å². The molecule has 140 valence electrons. The third-order valence-electron chi connectivity index (χ3n) is 3.73. The minimum absolute atomic E-state index is 0.102. The predicted molar refractivity (Wildman–Crippen MR) is 111 cm³/mol. The van der Waals surface area contributed by atoms with E-state index in [9.17, 15) is 4.79 Å². The fourth-order valence-electron chi connectivity index (χ4n) is 2.45. The number of nitrogens with one attached hydrogen (secondary N) is 1. The van der Waals surface area contributed by atoms with Crippen LogP contribution in [0.5, 0.6) is 5.75 Å². The van der Waals surface area contributed by atoms with Crippen LogP contribution in [-0.2, 0) is 11.8 Å². The van der Waals surface area contributed by atoms with Crippen molar-refractivity contribution in [1.29, 1.82) is 0 Å². The molecule has 0 spiro atoms. The Bertz CT molecular complexity index is 928. The molecule has 0 saturated heterocycles. The lowest BCUT2D eigenvalue weighted by molar-refractivity contribution is -0.113. The van der Waals surface area contributed by atoms with Crippen LogP contribution in [0.3, 0.4) is 0 Å². The number of aromatic nitrogens is 3. The second-order valence-corrected chi connectivity index (χ2v) is 7.44. The molecule has 0 aliphatic heterocycles. The van der Waals surface area contributed by atoms with Gasteiger partial charge in [-0.1, -0.05) is 45.9 Å². The first-order chi connectivity index (χ1) is 13.1. The van der Waals surface area contributed by atoms with Gasteiger partial charge in [-0.3, -0.25) is 4.79 Å². The molecule has 0 bridgehead atoms. The Morgan fingerprint density at radius 1 is 1.19 bits per heavy atom. The number of carbonyl (C=O) groups excluding carboxylic acids is 1. The predicted octanol–water partition coefficient (Wildman–Crippen LogP) is 4.37. The summed E-state index contributed by atoms with van der Waals surface area (Å²) in [6, 6.07) is 15.1. The molecule has 0 radical (unpaired) electrons. The number of halogens is 1. The molecule has 1 amide bonds.